The van der Waals surface area contributed by atoms with Crippen LogP contribution >= 0.6 is 0 Å². The predicted octanol–water partition coefficient (Wildman–Crippen LogP) is 2.69. The number of aromatic carboxylic acids is 1. The van der Waals surface area contributed by atoms with Gasteiger partial charge in [-0.3, -0.25) is 0 Å². The fourth-order valence-electron chi connectivity index (χ4n) is 3.42. The number of esters is 1. The van der Waals surface area contributed by atoms with Crippen molar-refractivity contribution in [3.8, 4) is 0 Å². The van der Waals surface area contributed by atoms with Gasteiger partial charge in [0.2, 0.25) is 0 Å². The van der Waals surface area contributed by atoms with Crippen LogP contribution in [0.4, 0.5) is 0 Å². The molecule has 1 aromatic rings. The standard InChI is InChI=1S/C24H38O4.Na/c1-3-4-5-6-7-8-9-10-11-12-13-14-17-20(2)28-24(27)22-19-16-15-18-21(22)23(25)26;/h15-16,18-20H,3-14,17H2,1-2H3,(H,25,26);/q;+1/p-1. The Labute approximate surface area is 199 Å². The second kappa shape index (κ2) is 18.0. The third-order valence-electron chi connectivity index (χ3n) is 5.14. The normalized spacial score (nSPS) is 11.5. The summed E-state index contributed by atoms with van der Waals surface area (Å²) in [6, 6.07) is 6.02. The van der Waals surface area contributed by atoms with Crippen LogP contribution in [0.15, 0.2) is 24.3 Å². The van der Waals surface area contributed by atoms with Gasteiger partial charge in [-0.05, 0) is 25.8 Å². The van der Waals surface area contributed by atoms with Gasteiger partial charge in [-0.1, -0.05) is 95.8 Å². The zero-order valence-electron chi connectivity index (χ0n) is 18.7. The molecule has 0 amide bonds. The number of benzene rings is 1. The van der Waals surface area contributed by atoms with Crippen molar-refractivity contribution in [2.75, 3.05) is 0 Å². The number of carboxylic acids is 1. The van der Waals surface area contributed by atoms with E-state index in [1.165, 1.54) is 76.3 Å². The maximum absolute atomic E-state index is 12.2. The van der Waals surface area contributed by atoms with Crippen molar-refractivity contribution >= 4 is 11.9 Å². The number of hydrogen-bond acceptors (Lipinski definition) is 4. The molecule has 0 heterocycles. The third-order valence-corrected chi connectivity index (χ3v) is 5.14. The Hall–Kier alpha value is -0.840. The van der Waals surface area contributed by atoms with E-state index in [2.05, 4.69) is 6.92 Å². The van der Waals surface area contributed by atoms with Gasteiger partial charge in [0.05, 0.1) is 17.6 Å². The molecule has 0 spiro atoms. The molecule has 1 rings (SSSR count). The van der Waals surface area contributed by atoms with Crippen LogP contribution in [0.1, 0.15) is 118 Å². The molecular formula is C24H37NaO4. The van der Waals surface area contributed by atoms with Crippen LogP contribution in [-0.4, -0.2) is 18.0 Å². The van der Waals surface area contributed by atoms with E-state index in [1.54, 1.807) is 12.1 Å². The number of carbonyl (C=O) groups excluding carboxylic acids is 2. The second-order valence-corrected chi connectivity index (χ2v) is 7.73. The molecule has 0 saturated carbocycles. The summed E-state index contributed by atoms with van der Waals surface area (Å²) in [5.41, 5.74) is -0.0610. The number of unbranched alkanes of at least 4 members (excludes halogenated alkanes) is 11. The Bertz CT molecular complexity index is 574. The average molecular weight is 413 g/mol. The van der Waals surface area contributed by atoms with Gasteiger partial charge in [-0.25, -0.2) is 4.79 Å². The summed E-state index contributed by atoms with van der Waals surface area (Å²) in [6.07, 6.45) is 16.1. The minimum Gasteiger partial charge on any atom is -0.545 e. The number of carboxylic acid groups (broad SMARTS) is 1. The van der Waals surface area contributed by atoms with E-state index in [0.29, 0.717) is 0 Å². The quantitative estimate of drug-likeness (QED) is 0.238. The van der Waals surface area contributed by atoms with Crippen LogP contribution < -0.4 is 34.7 Å². The van der Waals surface area contributed by atoms with E-state index in [-0.39, 0.29) is 46.8 Å². The number of rotatable bonds is 16. The van der Waals surface area contributed by atoms with Crippen LogP contribution in [0.3, 0.4) is 0 Å². The summed E-state index contributed by atoms with van der Waals surface area (Å²) in [6.45, 7) is 4.11. The van der Waals surface area contributed by atoms with Gasteiger partial charge in [0, 0.05) is 5.56 Å². The van der Waals surface area contributed by atoms with Crippen molar-refractivity contribution in [1.82, 2.24) is 0 Å². The van der Waals surface area contributed by atoms with Gasteiger partial charge in [-0.15, -0.1) is 0 Å². The maximum Gasteiger partial charge on any atom is 1.00 e. The Morgan fingerprint density at radius 3 is 1.76 bits per heavy atom. The summed E-state index contributed by atoms with van der Waals surface area (Å²) in [5.74, 6) is -1.95. The Kier molecular flexibility index (Phi) is 17.5. The van der Waals surface area contributed by atoms with Gasteiger partial charge >= 0.3 is 35.5 Å². The zero-order chi connectivity index (χ0) is 20.6. The van der Waals surface area contributed by atoms with Crippen LogP contribution in [0.5, 0.6) is 0 Å². The van der Waals surface area contributed by atoms with Crippen molar-refractivity contribution in [3.05, 3.63) is 35.4 Å². The molecule has 0 aliphatic carbocycles. The van der Waals surface area contributed by atoms with E-state index in [1.807, 2.05) is 6.92 Å². The van der Waals surface area contributed by atoms with E-state index >= 15 is 0 Å². The summed E-state index contributed by atoms with van der Waals surface area (Å²) < 4.78 is 5.40. The van der Waals surface area contributed by atoms with Gasteiger partial charge in [0.25, 0.3) is 0 Å². The van der Waals surface area contributed by atoms with Crippen molar-refractivity contribution in [3.63, 3.8) is 0 Å². The summed E-state index contributed by atoms with van der Waals surface area (Å²) >= 11 is 0. The monoisotopic (exact) mass is 412 g/mol. The Morgan fingerprint density at radius 2 is 1.28 bits per heavy atom. The number of ether oxygens (including phenoxy) is 1. The van der Waals surface area contributed by atoms with Crippen LogP contribution in [0, 0.1) is 0 Å². The number of carbonyl (C=O) groups is 2. The van der Waals surface area contributed by atoms with Gasteiger partial charge < -0.3 is 14.6 Å². The van der Waals surface area contributed by atoms with E-state index in [9.17, 15) is 14.7 Å². The van der Waals surface area contributed by atoms with Crippen LogP contribution in [0.25, 0.3) is 0 Å². The molecule has 158 valence electrons. The minimum atomic E-state index is -1.36. The van der Waals surface area contributed by atoms with Gasteiger partial charge in [0.1, 0.15) is 0 Å². The first-order valence-corrected chi connectivity index (χ1v) is 11.1. The SMILES string of the molecule is CCCCCCCCCCCCCCC(C)OC(=O)c1ccccc1C(=O)[O-].[Na+]. The molecule has 1 atom stereocenters. The fourth-order valence-corrected chi connectivity index (χ4v) is 3.42. The second-order valence-electron chi connectivity index (χ2n) is 7.73. The molecule has 0 bridgehead atoms. The molecule has 0 N–H and O–H groups in total. The molecule has 0 fully saturated rings. The predicted molar refractivity (Wildman–Crippen MR) is 111 cm³/mol. The first-order valence-electron chi connectivity index (χ1n) is 11.1. The largest absolute Gasteiger partial charge is 1.00 e. The summed E-state index contributed by atoms with van der Waals surface area (Å²) in [4.78, 5) is 23.3. The molecule has 0 saturated heterocycles. The molecule has 0 aliphatic heterocycles. The average Bonchev–Trinajstić information content (AvgIpc) is 2.68. The molecular weight excluding hydrogens is 375 g/mol. The van der Waals surface area contributed by atoms with E-state index in [0.717, 1.165) is 19.3 Å². The third kappa shape index (κ3) is 13.1. The Morgan fingerprint density at radius 1 is 0.828 bits per heavy atom. The molecule has 4 nitrogen and oxygen atoms in total. The zero-order valence-corrected chi connectivity index (χ0v) is 20.7. The van der Waals surface area contributed by atoms with Gasteiger partial charge in [0.15, 0.2) is 0 Å². The van der Waals surface area contributed by atoms with Crippen molar-refractivity contribution in [2.45, 2.75) is 103 Å². The van der Waals surface area contributed by atoms with Crippen LogP contribution in [0.2, 0.25) is 0 Å². The maximum atomic E-state index is 12.2. The summed E-state index contributed by atoms with van der Waals surface area (Å²) in [7, 11) is 0. The first-order chi connectivity index (χ1) is 13.6. The van der Waals surface area contributed by atoms with Gasteiger partial charge in [-0.2, -0.15) is 0 Å². The molecule has 0 aromatic heterocycles. The topological polar surface area (TPSA) is 66.4 Å². The van der Waals surface area contributed by atoms with E-state index in [4.69, 9.17) is 4.74 Å². The number of hydrogen-bond donors (Lipinski definition) is 0. The Balaban J connectivity index is 0.00000784. The van der Waals surface area contributed by atoms with Crippen molar-refractivity contribution in [1.29, 1.82) is 0 Å². The molecule has 0 aliphatic rings. The molecule has 5 heteroatoms. The summed E-state index contributed by atoms with van der Waals surface area (Å²) in [5, 5.41) is 11.1. The molecule has 29 heavy (non-hydrogen) atoms. The van der Waals surface area contributed by atoms with Crippen molar-refractivity contribution in [2.24, 2.45) is 0 Å². The first kappa shape index (κ1) is 28.2. The smallest absolute Gasteiger partial charge is 0.545 e. The molecule has 1 unspecified atom stereocenters. The minimum absolute atomic E-state index is 0. The fraction of sp³-hybridized carbons (Fsp3) is 0.667. The van der Waals surface area contributed by atoms with Crippen molar-refractivity contribution < 1.29 is 49.0 Å². The molecule has 0 radical (unpaired) electrons. The van der Waals surface area contributed by atoms with E-state index < -0.39 is 11.9 Å². The van der Waals surface area contributed by atoms with Crippen LogP contribution in [-0.2, 0) is 4.74 Å². The molecule has 1 aromatic carbocycles.